The largest absolute Gasteiger partial charge is 0.492 e. The standard InChI is InChI=1S/C20H24N4O4/c1-15-17(22-14-21-15)18(25)23-9-7-20(8-10-23)13-24(19(26)28-20)11-12-27-16-5-3-2-4-6-16/h2-6,14H,7-13H2,1H3,(H,21,22). The lowest BCUT2D eigenvalue weighted by molar-refractivity contribution is 0.00296. The van der Waals surface area contributed by atoms with E-state index in [9.17, 15) is 9.59 Å². The van der Waals surface area contributed by atoms with Crippen molar-refractivity contribution >= 4 is 12.0 Å². The lowest BCUT2D eigenvalue weighted by Crippen LogP contribution is -2.49. The molecular formula is C20H24N4O4. The van der Waals surface area contributed by atoms with Crippen molar-refractivity contribution in [2.45, 2.75) is 25.4 Å². The van der Waals surface area contributed by atoms with Gasteiger partial charge >= 0.3 is 6.09 Å². The number of amides is 2. The van der Waals surface area contributed by atoms with Gasteiger partial charge in [-0.05, 0) is 19.1 Å². The maximum Gasteiger partial charge on any atom is 0.410 e. The van der Waals surface area contributed by atoms with Crippen LogP contribution in [-0.4, -0.2) is 70.2 Å². The van der Waals surface area contributed by atoms with Crippen LogP contribution in [0.5, 0.6) is 5.75 Å². The van der Waals surface area contributed by atoms with E-state index in [4.69, 9.17) is 9.47 Å². The van der Waals surface area contributed by atoms with E-state index in [1.165, 1.54) is 6.33 Å². The van der Waals surface area contributed by atoms with Gasteiger partial charge < -0.3 is 24.3 Å². The van der Waals surface area contributed by atoms with Crippen molar-refractivity contribution in [1.29, 1.82) is 0 Å². The third-order valence-corrected chi connectivity index (χ3v) is 5.41. The number of nitrogens with zero attached hydrogens (tertiary/aromatic N) is 3. The van der Waals surface area contributed by atoms with E-state index in [-0.39, 0.29) is 12.0 Å². The number of hydrogen-bond acceptors (Lipinski definition) is 5. The highest BCUT2D eigenvalue weighted by molar-refractivity contribution is 5.93. The van der Waals surface area contributed by atoms with Crippen molar-refractivity contribution < 1.29 is 19.1 Å². The molecule has 2 aliphatic heterocycles. The third kappa shape index (κ3) is 3.67. The Bertz CT molecular complexity index is 843. The number of piperidine rings is 1. The van der Waals surface area contributed by atoms with E-state index < -0.39 is 5.60 Å². The molecule has 28 heavy (non-hydrogen) atoms. The second-order valence-corrected chi connectivity index (χ2v) is 7.30. The number of nitrogens with one attached hydrogen (secondary N) is 1. The summed E-state index contributed by atoms with van der Waals surface area (Å²) in [4.78, 5) is 35.4. The Morgan fingerprint density at radius 1 is 1.29 bits per heavy atom. The summed E-state index contributed by atoms with van der Waals surface area (Å²) in [5, 5.41) is 0. The number of carbonyl (C=O) groups is 2. The van der Waals surface area contributed by atoms with Crippen LogP contribution in [0.1, 0.15) is 29.0 Å². The zero-order valence-electron chi connectivity index (χ0n) is 15.9. The summed E-state index contributed by atoms with van der Waals surface area (Å²) in [6.45, 7) is 4.36. The molecule has 2 saturated heterocycles. The number of aromatic nitrogens is 2. The minimum absolute atomic E-state index is 0.0777. The van der Waals surface area contributed by atoms with E-state index in [1.807, 2.05) is 37.3 Å². The van der Waals surface area contributed by atoms with Crippen molar-refractivity contribution in [2.75, 3.05) is 32.8 Å². The van der Waals surface area contributed by atoms with Crippen LogP contribution in [0.25, 0.3) is 0 Å². The van der Waals surface area contributed by atoms with Crippen molar-refractivity contribution in [3.63, 3.8) is 0 Å². The average Bonchev–Trinajstić information content (AvgIpc) is 3.26. The number of aryl methyl sites for hydroxylation is 1. The molecule has 0 unspecified atom stereocenters. The number of carbonyl (C=O) groups excluding carboxylic acids is 2. The highest BCUT2D eigenvalue weighted by atomic mass is 16.6. The molecule has 148 valence electrons. The molecule has 2 aromatic rings. The second-order valence-electron chi connectivity index (χ2n) is 7.30. The van der Waals surface area contributed by atoms with Crippen molar-refractivity contribution in [2.24, 2.45) is 0 Å². The normalized spacial score (nSPS) is 18.4. The van der Waals surface area contributed by atoms with Gasteiger partial charge in [0.1, 0.15) is 23.7 Å². The summed E-state index contributed by atoms with van der Waals surface area (Å²) in [5.41, 5.74) is 0.711. The molecule has 4 rings (SSSR count). The number of imidazole rings is 1. The smallest absolute Gasteiger partial charge is 0.410 e. The molecule has 0 atom stereocenters. The number of H-pyrrole nitrogens is 1. The summed E-state index contributed by atoms with van der Waals surface area (Å²) >= 11 is 0. The Hall–Kier alpha value is -3.03. The number of benzene rings is 1. The summed E-state index contributed by atoms with van der Waals surface area (Å²) in [6.07, 6.45) is 2.48. The fourth-order valence-electron chi connectivity index (χ4n) is 3.76. The number of para-hydroxylation sites is 1. The molecular weight excluding hydrogens is 360 g/mol. The number of hydrogen-bond donors (Lipinski definition) is 1. The second kappa shape index (κ2) is 7.53. The van der Waals surface area contributed by atoms with Crippen LogP contribution in [0, 0.1) is 6.92 Å². The monoisotopic (exact) mass is 384 g/mol. The van der Waals surface area contributed by atoms with Gasteiger partial charge in [0, 0.05) is 31.6 Å². The van der Waals surface area contributed by atoms with E-state index in [2.05, 4.69) is 9.97 Å². The van der Waals surface area contributed by atoms with Crippen LogP contribution in [0.2, 0.25) is 0 Å². The van der Waals surface area contributed by atoms with Crippen LogP contribution in [-0.2, 0) is 4.74 Å². The minimum atomic E-state index is -0.513. The van der Waals surface area contributed by atoms with Gasteiger partial charge in [-0.3, -0.25) is 4.79 Å². The predicted octanol–water partition coefficient (Wildman–Crippen LogP) is 2.22. The molecule has 0 bridgehead atoms. The van der Waals surface area contributed by atoms with Crippen LogP contribution >= 0.6 is 0 Å². The molecule has 2 aliphatic rings. The van der Waals surface area contributed by atoms with Crippen LogP contribution in [0.3, 0.4) is 0 Å². The Kier molecular flexibility index (Phi) is 4.93. The molecule has 1 spiro atoms. The van der Waals surface area contributed by atoms with E-state index >= 15 is 0 Å². The number of ether oxygens (including phenoxy) is 2. The van der Waals surface area contributed by atoms with E-state index in [1.54, 1.807) is 9.80 Å². The van der Waals surface area contributed by atoms with Gasteiger partial charge in [-0.15, -0.1) is 0 Å². The topological polar surface area (TPSA) is 87.8 Å². The molecule has 1 aromatic heterocycles. The Morgan fingerprint density at radius 2 is 2.04 bits per heavy atom. The minimum Gasteiger partial charge on any atom is -0.492 e. The number of aromatic amines is 1. The first-order chi connectivity index (χ1) is 13.6. The van der Waals surface area contributed by atoms with Gasteiger partial charge in [0.15, 0.2) is 0 Å². The first-order valence-electron chi connectivity index (χ1n) is 9.51. The van der Waals surface area contributed by atoms with E-state index in [0.29, 0.717) is 51.3 Å². The maximum atomic E-state index is 12.6. The van der Waals surface area contributed by atoms with Crippen LogP contribution in [0.15, 0.2) is 36.7 Å². The molecule has 1 N–H and O–H groups in total. The van der Waals surface area contributed by atoms with E-state index in [0.717, 1.165) is 11.4 Å². The quantitative estimate of drug-likeness (QED) is 0.854. The van der Waals surface area contributed by atoms with Crippen LogP contribution in [0.4, 0.5) is 4.79 Å². The Morgan fingerprint density at radius 3 is 2.71 bits per heavy atom. The molecule has 3 heterocycles. The van der Waals surface area contributed by atoms with Gasteiger partial charge in [0.25, 0.3) is 5.91 Å². The van der Waals surface area contributed by atoms with Crippen molar-refractivity contribution in [3.8, 4) is 5.75 Å². The molecule has 8 nitrogen and oxygen atoms in total. The van der Waals surface area contributed by atoms with Crippen molar-refractivity contribution in [3.05, 3.63) is 48.0 Å². The Balaban J connectivity index is 1.29. The van der Waals surface area contributed by atoms with Gasteiger partial charge in [0.2, 0.25) is 0 Å². The molecule has 8 heteroatoms. The third-order valence-electron chi connectivity index (χ3n) is 5.41. The SMILES string of the molecule is Cc1[nH]cnc1C(=O)N1CCC2(CC1)CN(CCOc1ccccc1)C(=O)O2. The summed E-state index contributed by atoms with van der Waals surface area (Å²) in [6, 6.07) is 9.52. The fraction of sp³-hybridized carbons (Fsp3) is 0.450. The fourth-order valence-corrected chi connectivity index (χ4v) is 3.76. The zero-order chi connectivity index (χ0) is 19.6. The molecule has 0 saturated carbocycles. The highest BCUT2D eigenvalue weighted by Gasteiger charge is 2.47. The lowest BCUT2D eigenvalue weighted by atomic mass is 9.91. The predicted molar refractivity (Wildman–Crippen MR) is 101 cm³/mol. The highest BCUT2D eigenvalue weighted by Crippen LogP contribution is 2.33. The molecule has 1 aromatic carbocycles. The first kappa shape index (κ1) is 18.3. The van der Waals surface area contributed by atoms with Gasteiger partial charge in [-0.1, -0.05) is 18.2 Å². The molecule has 2 amide bonds. The van der Waals surface area contributed by atoms with Crippen LogP contribution < -0.4 is 4.74 Å². The lowest BCUT2D eigenvalue weighted by Gasteiger charge is -2.37. The molecule has 0 aliphatic carbocycles. The Labute approximate surface area is 163 Å². The maximum absolute atomic E-state index is 12.6. The summed E-state index contributed by atoms with van der Waals surface area (Å²) in [7, 11) is 0. The zero-order valence-corrected chi connectivity index (χ0v) is 15.9. The molecule has 2 fully saturated rings. The first-order valence-corrected chi connectivity index (χ1v) is 9.51. The number of likely N-dealkylation sites (tertiary alicyclic amines) is 1. The van der Waals surface area contributed by atoms with Crippen molar-refractivity contribution in [1.82, 2.24) is 19.8 Å². The van der Waals surface area contributed by atoms with Gasteiger partial charge in [0.05, 0.1) is 19.4 Å². The summed E-state index contributed by atoms with van der Waals surface area (Å²) < 4.78 is 11.4. The van der Waals surface area contributed by atoms with Gasteiger partial charge in [-0.2, -0.15) is 0 Å². The van der Waals surface area contributed by atoms with Gasteiger partial charge in [-0.25, -0.2) is 9.78 Å². The molecule has 0 radical (unpaired) electrons. The average molecular weight is 384 g/mol. The number of rotatable bonds is 5. The summed E-state index contributed by atoms with van der Waals surface area (Å²) in [5.74, 6) is 0.705.